The standard InChI is InChI=1S/C26H32F3NO/c1-2-3-4-13-20-30-25(26(27,28)29)31-24(21-23-17-9-6-10-18-23)19-12-11-16-22-14-7-5-8-15-22/h5-10,12,14-15,17-19,24H,2-4,11,13,16,20-21H2,1H3/b19-12+,30-25?/t24-/m1/s1. The molecule has 0 N–H and O–H groups in total. The summed E-state index contributed by atoms with van der Waals surface area (Å²) in [6.07, 6.45) is 3.74. The van der Waals surface area contributed by atoms with Crippen molar-refractivity contribution in [3.63, 3.8) is 0 Å². The lowest BCUT2D eigenvalue weighted by Gasteiger charge is -2.19. The van der Waals surface area contributed by atoms with Crippen LogP contribution in [0, 0.1) is 0 Å². The molecule has 2 aromatic carbocycles. The molecule has 1 atom stereocenters. The largest absolute Gasteiger partial charge is 0.468 e. The minimum atomic E-state index is -4.60. The molecule has 0 bridgehead atoms. The van der Waals surface area contributed by atoms with Crippen LogP contribution in [0.4, 0.5) is 13.2 Å². The van der Waals surface area contributed by atoms with E-state index in [-0.39, 0.29) is 6.54 Å². The van der Waals surface area contributed by atoms with Crippen LogP contribution in [0.2, 0.25) is 0 Å². The lowest BCUT2D eigenvalue weighted by Crippen LogP contribution is -2.31. The van der Waals surface area contributed by atoms with Crippen molar-refractivity contribution in [2.75, 3.05) is 6.54 Å². The van der Waals surface area contributed by atoms with Crippen molar-refractivity contribution in [3.05, 3.63) is 83.9 Å². The van der Waals surface area contributed by atoms with Gasteiger partial charge in [-0.1, -0.05) is 92.9 Å². The number of hydrogen-bond donors (Lipinski definition) is 0. The Balaban J connectivity index is 2.05. The van der Waals surface area contributed by atoms with Gasteiger partial charge in [-0.25, -0.2) is 4.99 Å². The normalized spacial score (nSPS) is 13.5. The van der Waals surface area contributed by atoms with E-state index in [0.717, 1.165) is 37.7 Å². The molecule has 2 aromatic rings. The molecule has 31 heavy (non-hydrogen) atoms. The average molecular weight is 432 g/mol. The number of benzene rings is 2. The minimum Gasteiger partial charge on any atom is -0.467 e. The van der Waals surface area contributed by atoms with E-state index < -0.39 is 18.2 Å². The Morgan fingerprint density at radius 1 is 0.935 bits per heavy atom. The van der Waals surface area contributed by atoms with Gasteiger partial charge in [-0.2, -0.15) is 13.2 Å². The summed E-state index contributed by atoms with van der Waals surface area (Å²) in [6, 6.07) is 19.4. The van der Waals surface area contributed by atoms with Gasteiger partial charge in [-0.05, 0) is 36.5 Å². The van der Waals surface area contributed by atoms with E-state index >= 15 is 0 Å². The first kappa shape index (κ1) is 24.7. The number of nitrogens with zero attached hydrogens (tertiary/aromatic N) is 1. The van der Waals surface area contributed by atoms with Gasteiger partial charge >= 0.3 is 6.18 Å². The van der Waals surface area contributed by atoms with Gasteiger partial charge in [0, 0.05) is 13.0 Å². The summed E-state index contributed by atoms with van der Waals surface area (Å²) in [7, 11) is 0. The number of aliphatic imine (C=N–C) groups is 1. The molecule has 0 aromatic heterocycles. The Kier molecular flexibility index (Phi) is 10.9. The third kappa shape index (κ3) is 10.3. The Morgan fingerprint density at radius 3 is 2.19 bits per heavy atom. The Labute approximate surface area is 183 Å². The molecule has 2 nitrogen and oxygen atoms in total. The number of hydrogen-bond acceptors (Lipinski definition) is 2. The van der Waals surface area contributed by atoms with E-state index in [0.29, 0.717) is 12.8 Å². The third-order valence-corrected chi connectivity index (χ3v) is 4.85. The lowest BCUT2D eigenvalue weighted by atomic mass is 10.1. The zero-order valence-corrected chi connectivity index (χ0v) is 18.2. The van der Waals surface area contributed by atoms with E-state index in [2.05, 4.69) is 11.9 Å². The zero-order chi connectivity index (χ0) is 22.4. The number of unbranched alkanes of at least 4 members (excludes halogenated alkanes) is 3. The van der Waals surface area contributed by atoms with Gasteiger partial charge in [-0.15, -0.1) is 0 Å². The monoisotopic (exact) mass is 431 g/mol. The zero-order valence-electron chi connectivity index (χ0n) is 18.2. The summed E-state index contributed by atoms with van der Waals surface area (Å²) in [5.74, 6) is -1.13. The Morgan fingerprint density at radius 2 is 1.58 bits per heavy atom. The smallest absolute Gasteiger partial charge is 0.467 e. The number of allylic oxidation sites excluding steroid dienone is 1. The third-order valence-electron chi connectivity index (χ3n) is 4.85. The Hall–Kier alpha value is -2.56. The fourth-order valence-electron chi connectivity index (χ4n) is 3.19. The van der Waals surface area contributed by atoms with E-state index in [1.165, 1.54) is 5.56 Å². The highest BCUT2D eigenvalue weighted by molar-refractivity contribution is 5.82. The van der Waals surface area contributed by atoms with Crippen LogP contribution in [-0.2, 0) is 17.6 Å². The lowest BCUT2D eigenvalue weighted by molar-refractivity contribution is -0.0815. The summed E-state index contributed by atoms with van der Waals surface area (Å²) >= 11 is 0. The average Bonchev–Trinajstić information content (AvgIpc) is 2.76. The first-order chi connectivity index (χ1) is 15.0. The van der Waals surface area contributed by atoms with Crippen molar-refractivity contribution in [2.45, 2.75) is 64.1 Å². The molecule has 0 radical (unpaired) electrons. The molecule has 168 valence electrons. The van der Waals surface area contributed by atoms with Gasteiger partial charge in [-0.3, -0.25) is 0 Å². The highest BCUT2D eigenvalue weighted by Crippen LogP contribution is 2.21. The molecule has 0 unspecified atom stereocenters. The van der Waals surface area contributed by atoms with Crippen molar-refractivity contribution in [3.8, 4) is 0 Å². The predicted octanol–water partition coefficient (Wildman–Crippen LogP) is 7.34. The number of rotatable bonds is 12. The molecular formula is C26H32F3NO. The van der Waals surface area contributed by atoms with E-state index in [9.17, 15) is 13.2 Å². The molecule has 0 spiro atoms. The predicted molar refractivity (Wildman–Crippen MR) is 121 cm³/mol. The van der Waals surface area contributed by atoms with Crippen molar-refractivity contribution in [1.29, 1.82) is 0 Å². The summed E-state index contributed by atoms with van der Waals surface area (Å²) < 4.78 is 46.0. The van der Waals surface area contributed by atoms with E-state index in [1.807, 2.05) is 66.7 Å². The van der Waals surface area contributed by atoms with Crippen LogP contribution in [0.1, 0.15) is 50.2 Å². The first-order valence-corrected chi connectivity index (χ1v) is 11.0. The summed E-state index contributed by atoms with van der Waals surface area (Å²) in [4.78, 5) is 3.76. The minimum absolute atomic E-state index is 0.130. The maximum absolute atomic E-state index is 13.5. The molecule has 0 aliphatic carbocycles. The maximum Gasteiger partial charge on any atom is 0.468 e. The van der Waals surface area contributed by atoms with Gasteiger partial charge in [0.05, 0.1) is 0 Å². The number of alkyl halides is 3. The SMILES string of the molecule is CCCCCCN=C(O[C@H](/C=C/CCc1ccccc1)Cc1ccccc1)C(F)(F)F. The highest BCUT2D eigenvalue weighted by atomic mass is 19.4. The summed E-state index contributed by atoms with van der Waals surface area (Å²) in [6.45, 7) is 2.19. The van der Waals surface area contributed by atoms with Crippen LogP contribution in [-0.4, -0.2) is 24.7 Å². The second kappa shape index (κ2) is 13.7. The number of ether oxygens (including phenoxy) is 1. The molecular weight excluding hydrogens is 399 g/mol. The van der Waals surface area contributed by atoms with Gasteiger partial charge in [0.15, 0.2) is 0 Å². The molecule has 0 aliphatic heterocycles. The van der Waals surface area contributed by atoms with Crippen LogP contribution in [0.5, 0.6) is 0 Å². The summed E-state index contributed by atoms with van der Waals surface area (Å²) in [5, 5.41) is 0. The summed E-state index contributed by atoms with van der Waals surface area (Å²) in [5.41, 5.74) is 2.11. The quantitative estimate of drug-likeness (QED) is 0.149. The van der Waals surface area contributed by atoms with Crippen molar-refractivity contribution >= 4 is 5.90 Å². The van der Waals surface area contributed by atoms with Gasteiger partial charge < -0.3 is 4.74 Å². The van der Waals surface area contributed by atoms with Crippen LogP contribution in [0.3, 0.4) is 0 Å². The molecule has 0 amide bonds. The fraction of sp³-hybridized carbons (Fsp3) is 0.423. The van der Waals surface area contributed by atoms with Gasteiger partial charge in [0.1, 0.15) is 6.10 Å². The van der Waals surface area contributed by atoms with Crippen molar-refractivity contribution < 1.29 is 17.9 Å². The molecule has 0 heterocycles. The van der Waals surface area contributed by atoms with Crippen LogP contribution in [0.15, 0.2) is 77.8 Å². The maximum atomic E-state index is 13.5. The van der Waals surface area contributed by atoms with Crippen LogP contribution < -0.4 is 0 Å². The molecule has 5 heteroatoms. The van der Waals surface area contributed by atoms with E-state index in [4.69, 9.17) is 4.74 Å². The van der Waals surface area contributed by atoms with Crippen LogP contribution in [0.25, 0.3) is 0 Å². The highest BCUT2D eigenvalue weighted by Gasteiger charge is 2.39. The first-order valence-electron chi connectivity index (χ1n) is 11.0. The second-order valence-corrected chi connectivity index (χ2v) is 7.54. The van der Waals surface area contributed by atoms with Crippen molar-refractivity contribution in [1.82, 2.24) is 0 Å². The van der Waals surface area contributed by atoms with Crippen LogP contribution >= 0.6 is 0 Å². The van der Waals surface area contributed by atoms with Gasteiger partial charge in [0.25, 0.3) is 5.90 Å². The fourth-order valence-corrected chi connectivity index (χ4v) is 3.19. The molecule has 0 saturated heterocycles. The number of aryl methyl sites for hydroxylation is 1. The Bertz CT molecular complexity index is 785. The molecule has 0 saturated carbocycles. The van der Waals surface area contributed by atoms with Gasteiger partial charge in [0.2, 0.25) is 0 Å². The molecule has 2 rings (SSSR count). The second-order valence-electron chi connectivity index (χ2n) is 7.54. The van der Waals surface area contributed by atoms with E-state index in [1.54, 1.807) is 6.08 Å². The number of halogens is 3. The molecule has 0 aliphatic rings. The molecule has 0 fully saturated rings. The van der Waals surface area contributed by atoms with Crippen molar-refractivity contribution in [2.24, 2.45) is 4.99 Å². The topological polar surface area (TPSA) is 21.6 Å².